The lowest BCUT2D eigenvalue weighted by Gasteiger charge is -2.22. The number of amides is 1. The SMILES string of the molecule is CC[C@@H]1[C@@H](C(=O)Nc2ccc(C)[nH]c2=O)CCN1C. The number of anilines is 1. The second-order valence-electron chi connectivity index (χ2n) is 5.22. The molecule has 104 valence electrons. The monoisotopic (exact) mass is 263 g/mol. The highest BCUT2D eigenvalue weighted by molar-refractivity contribution is 5.93. The second-order valence-corrected chi connectivity index (χ2v) is 5.22. The van der Waals surface area contributed by atoms with Crippen LogP contribution in [-0.4, -0.2) is 35.4 Å². The van der Waals surface area contributed by atoms with Gasteiger partial charge < -0.3 is 15.2 Å². The molecule has 0 saturated carbocycles. The Morgan fingerprint density at radius 2 is 2.26 bits per heavy atom. The first-order chi connectivity index (χ1) is 9.02. The summed E-state index contributed by atoms with van der Waals surface area (Å²) in [6.07, 6.45) is 1.80. The van der Waals surface area contributed by atoms with Crippen LogP contribution in [0.5, 0.6) is 0 Å². The van der Waals surface area contributed by atoms with Gasteiger partial charge in [-0.3, -0.25) is 9.59 Å². The van der Waals surface area contributed by atoms with Crippen molar-refractivity contribution in [1.82, 2.24) is 9.88 Å². The van der Waals surface area contributed by atoms with Gasteiger partial charge in [0.2, 0.25) is 5.91 Å². The summed E-state index contributed by atoms with van der Waals surface area (Å²) in [6.45, 7) is 4.83. The minimum atomic E-state index is -0.243. The molecule has 1 aliphatic heterocycles. The van der Waals surface area contributed by atoms with Gasteiger partial charge in [0.05, 0.1) is 5.92 Å². The zero-order valence-electron chi connectivity index (χ0n) is 11.7. The Labute approximate surface area is 113 Å². The van der Waals surface area contributed by atoms with Crippen molar-refractivity contribution >= 4 is 11.6 Å². The molecule has 1 aromatic rings. The Kier molecular flexibility index (Phi) is 4.04. The van der Waals surface area contributed by atoms with Crippen LogP contribution < -0.4 is 10.9 Å². The van der Waals surface area contributed by atoms with E-state index in [-0.39, 0.29) is 23.4 Å². The van der Waals surface area contributed by atoms with Gasteiger partial charge in [0.1, 0.15) is 5.69 Å². The predicted octanol–water partition coefficient (Wildman–Crippen LogP) is 1.35. The van der Waals surface area contributed by atoms with Crippen LogP contribution in [0, 0.1) is 12.8 Å². The average Bonchev–Trinajstić information content (AvgIpc) is 2.74. The molecule has 5 nitrogen and oxygen atoms in total. The Hall–Kier alpha value is -1.62. The van der Waals surface area contributed by atoms with E-state index in [4.69, 9.17) is 0 Å². The van der Waals surface area contributed by atoms with Crippen molar-refractivity contribution in [3.63, 3.8) is 0 Å². The Bertz CT molecular complexity index is 524. The van der Waals surface area contributed by atoms with Gasteiger partial charge in [-0.15, -0.1) is 0 Å². The molecule has 0 bridgehead atoms. The van der Waals surface area contributed by atoms with Gasteiger partial charge in [0.25, 0.3) is 5.56 Å². The maximum absolute atomic E-state index is 12.3. The highest BCUT2D eigenvalue weighted by Crippen LogP contribution is 2.26. The van der Waals surface area contributed by atoms with Crippen molar-refractivity contribution in [1.29, 1.82) is 0 Å². The molecule has 0 unspecified atom stereocenters. The third-order valence-corrected chi connectivity index (χ3v) is 3.89. The average molecular weight is 263 g/mol. The minimum absolute atomic E-state index is 0.0318. The Morgan fingerprint density at radius 3 is 2.89 bits per heavy atom. The number of rotatable bonds is 3. The summed E-state index contributed by atoms with van der Waals surface area (Å²) in [4.78, 5) is 28.9. The lowest BCUT2D eigenvalue weighted by Crippen LogP contribution is -2.36. The zero-order chi connectivity index (χ0) is 14.0. The molecule has 0 radical (unpaired) electrons. The van der Waals surface area contributed by atoms with Crippen LogP contribution in [-0.2, 0) is 4.79 Å². The number of nitrogens with zero attached hydrogens (tertiary/aromatic N) is 1. The van der Waals surface area contributed by atoms with Crippen molar-refractivity contribution < 1.29 is 4.79 Å². The Morgan fingerprint density at radius 1 is 1.53 bits per heavy atom. The standard InChI is InChI=1S/C14H21N3O2/c1-4-12-10(7-8-17(12)3)13(18)16-11-6-5-9(2)15-14(11)19/h5-6,10,12H,4,7-8H2,1-3H3,(H,15,19)(H,16,18)/t10-,12+/m0/s1. The predicted molar refractivity (Wildman–Crippen MR) is 75.2 cm³/mol. The first-order valence-corrected chi connectivity index (χ1v) is 6.74. The number of aromatic nitrogens is 1. The highest BCUT2D eigenvalue weighted by Gasteiger charge is 2.35. The quantitative estimate of drug-likeness (QED) is 0.865. The molecule has 19 heavy (non-hydrogen) atoms. The van der Waals surface area contributed by atoms with Gasteiger partial charge in [0, 0.05) is 11.7 Å². The molecule has 0 aromatic carbocycles. The summed E-state index contributed by atoms with van der Waals surface area (Å²) >= 11 is 0. The number of likely N-dealkylation sites (tertiary alicyclic amines) is 1. The number of pyridine rings is 1. The van der Waals surface area contributed by atoms with E-state index < -0.39 is 0 Å². The fourth-order valence-electron chi connectivity index (χ4n) is 2.81. The van der Waals surface area contributed by atoms with Crippen molar-refractivity contribution in [2.75, 3.05) is 18.9 Å². The third-order valence-electron chi connectivity index (χ3n) is 3.89. The van der Waals surface area contributed by atoms with Gasteiger partial charge >= 0.3 is 0 Å². The van der Waals surface area contributed by atoms with Gasteiger partial charge in [-0.1, -0.05) is 6.92 Å². The molecule has 1 aromatic heterocycles. The normalized spacial score (nSPS) is 23.5. The molecular weight excluding hydrogens is 242 g/mol. The lowest BCUT2D eigenvalue weighted by atomic mass is 9.97. The summed E-state index contributed by atoms with van der Waals surface area (Å²) in [5, 5.41) is 2.75. The zero-order valence-corrected chi connectivity index (χ0v) is 11.7. The Balaban J connectivity index is 2.11. The molecule has 1 amide bonds. The molecular formula is C14H21N3O2. The van der Waals surface area contributed by atoms with Crippen molar-refractivity contribution in [2.24, 2.45) is 5.92 Å². The maximum Gasteiger partial charge on any atom is 0.271 e. The maximum atomic E-state index is 12.3. The number of aryl methyl sites for hydroxylation is 1. The smallest absolute Gasteiger partial charge is 0.271 e. The van der Waals surface area contributed by atoms with Crippen LogP contribution in [0.15, 0.2) is 16.9 Å². The third kappa shape index (κ3) is 2.87. The minimum Gasteiger partial charge on any atom is -0.325 e. The number of hydrogen-bond acceptors (Lipinski definition) is 3. The molecule has 5 heteroatoms. The summed E-state index contributed by atoms with van der Waals surface area (Å²) in [5.74, 6) is -0.0822. The van der Waals surface area contributed by atoms with E-state index in [0.29, 0.717) is 5.69 Å². The van der Waals surface area contributed by atoms with Crippen LogP contribution in [0.1, 0.15) is 25.5 Å². The first-order valence-electron chi connectivity index (χ1n) is 6.74. The van der Waals surface area contributed by atoms with E-state index in [2.05, 4.69) is 22.1 Å². The molecule has 2 N–H and O–H groups in total. The van der Waals surface area contributed by atoms with Gasteiger partial charge in [-0.05, 0) is 45.5 Å². The molecule has 2 heterocycles. The fraction of sp³-hybridized carbons (Fsp3) is 0.571. The summed E-state index contributed by atoms with van der Waals surface area (Å²) in [6, 6.07) is 3.71. The van der Waals surface area contributed by atoms with Crippen LogP contribution in [0.4, 0.5) is 5.69 Å². The molecule has 2 rings (SSSR count). The summed E-state index contributed by atoms with van der Waals surface area (Å²) in [5.41, 5.74) is 0.878. The van der Waals surface area contributed by atoms with Crippen molar-refractivity contribution in [3.8, 4) is 0 Å². The molecule has 1 saturated heterocycles. The van der Waals surface area contributed by atoms with Gasteiger partial charge in [0.15, 0.2) is 0 Å². The second kappa shape index (κ2) is 5.57. The molecule has 1 fully saturated rings. The largest absolute Gasteiger partial charge is 0.325 e. The number of nitrogens with one attached hydrogen (secondary N) is 2. The fourth-order valence-corrected chi connectivity index (χ4v) is 2.81. The van der Waals surface area contributed by atoms with E-state index in [1.54, 1.807) is 12.1 Å². The van der Waals surface area contributed by atoms with Crippen LogP contribution in [0.25, 0.3) is 0 Å². The van der Waals surface area contributed by atoms with E-state index in [0.717, 1.165) is 25.1 Å². The summed E-state index contributed by atoms with van der Waals surface area (Å²) < 4.78 is 0. The topological polar surface area (TPSA) is 65.2 Å². The van der Waals surface area contributed by atoms with Crippen molar-refractivity contribution in [2.45, 2.75) is 32.7 Å². The van der Waals surface area contributed by atoms with Gasteiger partial charge in [-0.25, -0.2) is 0 Å². The highest BCUT2D eigenvalue weighted by atomic mass is 16.2. The van der Waals surface area contributed by atoms with E-state index in [1.165, 1.54) is 0 Å². The van der Waals surface area contributed by atoms with Crippen LogP contribution in [0.3, 0.4) is 0 Å². The van der Waals surface area contributed by atoms with Crippen molar-refractivity contribution in [3.05, 3.63) is 28.2 Å². The number of hydrogen-bond donors (Lipinski definition) is 2. The molecule has 2 atom stereocenters. The van der Waals surface area contributed by atoms with Crippen LogP contribution >= 0.6 is 0 Å². The van der Waals surface area contributed by atoms with E-state index >= 15 is 0 Å². The number of aromatic amines is 1. The lowest BCUT2D eigenvalue weighted by molar-refractivity contribution is -0.120. The number of carbonyl (C=O) groups is 1. The number of H-pyrrole nitrogens is 1. The molecule has 1 aliphatic rings. The van der Waals surface area contributed by atoms with Crippen LogP contribution in [0.2, 0.25) is 0 Å². The molecule has 0 aliphatic carbocycles. The number of carbonyl (C=O) groups excluding carboxylic acids is 1. The summed E-state index contributed by atoms with van der Waals surface area (Å²) in [7, 11) is 2.04. The first kappa shape index (κ1) is 13.8. The van der Waals surface area contributed by atoms with Gasteiger partial charge in [-0.2, -0.15) is 0 Å². The molecule has 0 spiro atoms. The van der Waals surface area contributed by atoms with E-state index in [1.807, 2.05) is 14.0 Å². The van der Waals surface area contributed by atoms with E-state index in [9.17, 15) is 9.59 Å².